The van der Waals surface area contributed by atoms with Crippen LogP contribution in [0.15, 0.2) is 24.3 Å². The summed E-state index contributed by atoms with van der Waals surface area (Å²) in [6.07, 6.45) is 4.93. The molecule has 1 saturated heterocycles. The molecule has 4 heteroatoms. The first-order chi connectivity index (χ1) is 6.66. The molecule has 0 aromatic rings. The van der Waals surface area contributed by atoms with Crippen LogP contribution in [0.5, 0.6) is 0 Å². The van der Waals surface area contributed by atoms with Gasteiger partial charge in [0.05, 0.1) is 6.10 Å². The van der Waals surface area contributed by atoms with Crippen molar-refractivity contribution in [2.75, 3.05) is 0 Å². The van der Waals surface area contributed by atoms with E-state index in [4.69, 9.17) is 9.47 Å². The van der Waals surface area contributed by atoms with Gasteiger partial charge in [-0.05, 0) is 13.0 Å². The topological polar surface area (TPSA) is 59.1 Å². The van der Waals surface area contributed by atoms with Gasteiger partial charge < -0.3 is 14.6 Å². The fourth-order valence-corrected chi connectivity index (χ4v) is 1.42. The molecule has 0 aromatic heterocycles. The van der Waals surface area contributed by atoms with E-state index in [1.54, 1.807) is 19.1 Å². The smallest absolute Gasteiger partial charge is 0.330 e. The van der Waals surface area contributed by atoms with Crippen LogP contribution in [0.4, 0.5) is 0 Å². The molecule has 1 N–H and O–H groups in total. The Morgan fingerprint density at radius 3 is 2.93 bits per heavy atom. The maximum atomic E-state index is 11.1. The second-order valence-corrected chi connectivity index (χ2v) is 3.44. The Hall–Kier alpha value is -1.13. The molecule has 0 spiro atoms. The second-order valence-electron chi connectivity index (χ2n) is 3.44. The monoisotopic (exact) mass is 196 g/mol. The predicted octanol–water partition coefficient (Wildman–Crippen LogP) is 0.172. The molecule has 0 saturated carbocycles. The van der Waals surface area contributed by atoms with Crippen LogP contribution in [-0.4, -0.2) is 35.5 Å². The number of fused-ring (bicyclic) bond motifs is 1. The highest BCUT2D eigenvalue weighted by molar-refractivity contribution is 5.82. The minimum Gasteiger partial charge on any atom is -0.457 e. The third kappa shape index (κ3) is 2.02. The molecule has 1 fully saturated rings. The van der Waals surface area contributed by atoms with Crippen LogP contribution in [0, 0.1) is 0 Å². The third-order valence-corrected chi connectivity index (χ3v) is 2.25. The number of carbonyl (C=O) groups excluding carboxylic acids is 1. The van der Waals surface area contributed by atoms with E-state index in [1.165, 1.54) is 12.2 Å². The van der Waals surface area contributed by atoms with Crippen molar-refractivity contribution in [1.82, 2.24) is 0 Å². The van der Waals surface area contributed by atoms with E-state index in [0.717, 1.165) is 0 Å². The highest BCUT2D eigenvalue weighted by Gasteiger charge is 2.43. The van der Waals surface area contributed by atoms with E-state index in [0.29, 0.717) is 0 Å². The molecule has 76 valence electrons. The van der Waals surface area contributed by atoms with Gasteiger partial charge in [-0.3, -0.25) is 0 Å². The molecule has 4 atom stereocenters. The number of epoxide rings is 1. The third-order valence-electron chi connectivity index (χ3n) is 2.25. The lowest BCUT2D eigenvalue weighted by atomic mass is 10.2. The number of carbonyl (C=O) groups is 1. The summed E-state index contributed by atoms with van der Waals surface area (Å²) in [5.41, 5.74) is 0. The summed E-state index contributed by atoms with van der Waals surface area (Å²) in [5, 5.41) is 9.31. The average Bonchev–Trinajstić information content (AvgIpc) is 2.89. The summed E-state index contributed by atoms with van der Waals surface area (Å²) in [6, 6.07) is 0. The van der Waals surface area contributed by atoms with Gasteiger partial charge in [0, 0.05) is 6.08 Å². The van der Waals surface area contributed by atoms with Gasteiger partial charge in [-0.2, -0.15) is 0 Å². The van der Waals surface area contributed by atoms with Gasteiger partial charge in [0.25, 0.3) is 0 Å². The molecule has 2 heterocycles. The standard InChI is InChI=1S/C10H12O4/c1-6-10-8(14-10)4-2-7(11)3-5-9(12)13-6/h2-8,10-11H,1H3/b4-2?,5-3-/t6?,7?,8-,10+/m1/s1. The highest BCUT2D eigenvalue weighted by Crippen LogP contribution is 2.28. The first-order valence-corrected chi connectivity index (χ1v) is 4.57. The molecule has 0 amide bonds. The number of aliphatic hydroxyl groups excluding tert-OH is 1. The van der Waals surface area contributed by atoms with Crippen molar-refractivity contribution in [3.63, 3.8) is 0 Å². The zero-order valence-corrected chi connectivity index (χ0v) is 7.79. The molecule has 4 nitrogen and oxygen atoms in total. The lowest BCUT2D eigenvalue weighted by Gasteiger charge is -2.09. The van der Waals surface area contributed by atoms with Crippen LogP contribution in [0.25, 0.3) is 0 Å². The quantitative estimate of drug-likeness (QED) is 0.341. The van der Waals surface area contributed by atoms with E-state index in [2.05, 4.69) is 0 Å². The van der Waals surface area contributed by atoms with Crippen molar-refractivity contribution in [2.24, 2.45) is 0 Å². The summed E-state index contributed by atoms with van der Waals surface area (Å²) in [7, 11) is 0. The summed E-state index contributed by atoms with van der Waals surface area (Å²) in [4.78, 5) is 11.1. The Morgan fingerprint density at radius 1 is 1.36 bits per heavy atom. The van der Waals surface area contributed by atoms with Gasteiger partial charge >= 0.3 is 5.97 Å². The van der Waals surface area contributed by atoms with Crippen LogP contribution in [0.3, 0.4) is 0 Å². The highest BCUT2D eigenvalue weighted by atomic mass is 16.6. The largest absolute Gasteiger partial charge is 0.457 e. The summed E-state index contributed by atoms with van der Waals surface area (Å²) in [6.45, 7) is 1.79. The van der Waals surface area contributed by atoms with Crippen LogP contribution in [0.2, 0.25) is 0 Å². The maximum Gasteiger partial charge on any atom is 0.330 e. The van der Waals surface area contributed by atoms with E-state index in [-0.39, 0.29) is 18.3 Å². The van der Waals surface area contributed by atoms with Crippen LogP contribution < -0.4 is 0 Å². The van der Waals surface area contributed by atoms with E-state index < -0.39 is 12.1 Å². The van der Waals surface area contributed by atoms with Crippen molar-refractivity contribution < 1.29 is 19.4 Å². The van der Waals surface area contributed by atoms with E-state index in [9.17, 15) is 9.90 Å². The van der Waals surface area contributed by atoms with Crippen molar-refractivity contribution in [1.29, 1.82) is 0 Å². The van der Waals surface area contributed by atoms with Crippen molar-refractivity contribution in [2.45, 2.75) is 31.3 Å². The molecule has 2 rings (SSSR count). The Kier molecular flexibility index (Phi) is 2.39. The molecule has 2 unspecified atom stereocenters. The number of cyclic esters (lactones) is 1. The normalized spacial score (nSPS) is 43.7. The summed E-state index contributed by atoms with van der Waals surface area (Å²) < 4.78 is 10.3. The molecular weight excluding hydrogens is 184 g/mol. The van der Waals surface area contributed by atoms with Crippen LogP contribution in [-0.2, 0) is 14.3 Å². The van der Waals surface area contributed by atoms with E-state index >= 15 is 0 Å². The fourth-order valence-electron chi connectivity index (χ4n) is 1.42. The number of hydrogen-bond acceptors (Lipinski definition) is 4. The van der Waals surface area contributed by atoms with Gasteiger partial charge in [-0.25, -0.2) is 4.79 Å². The molecule has 0 aliphatic carbocycles. The number of ether oxygens (including phenoxy) is 2. The SMILES string of the molecule is CC1OC(=O)/C=C\C(O)C=C[C@H]2O[C@@H]12. The summed E-state index contributed by atoms with van der Waals surface area (Å²) in [5.74, 6) is -0.443. The first kappa shape index (κ1) is 9.43. The van der Waals surface area contributed by atoms with Crippen molar-refractivity contribution in [3.05, 3.63) is 24.3 Å². The van der Waals surface area contributed by atoms with Gasteiger partial charge in [-0.15, -0.1) is 0 Å². The zero-order chi connectivity index (χ0) is 10.1. The van der Waals surface area contributed by atoms with Gasteiger partial charge in [0.15, 0.2) is 0 Å². The van der Waals surface area contributed by atoms with Gasteiger partial charge in [0.1, 0.15) is 18.3 Å². The van der Waals surface area contributed by atoms with Crippen molar-refractivity contribution >= 4 is 5.97 Å². The molecular formula is C10H12O4. The average molecular weight is 196 g/mol. The summed E-state index contributed by atoms with van der Waals surface area (Å²) >= 11 is 0. The Morgan fingerprint density at radius 2 is 2.14 bits per heavy atom. The maximum absolute atomic E-state index is 11.1. The first-order valence-electron chi connectivity index (χ1n) is 4.57. The lowest BCUT2D eigenvalue weighted by molar-refractivity contribution is -0.143. The molecule has 14 heavy (non-hydrogen) atoms. The number of aliphatic hydroxyl groups is 1. The second kappa shape index (κ2) is 3.55. The van der Waals surface area contributed by atoms with Gasteiger partial charge in [0.2, 0.25) is 0 Å². The van der Waals surface area contributed by atoms with Crippen LogP contribution in [0.1, 0.15) is 6.92 Å². The molecule has 0 bridgehead atoms. The molecule has 0 aromatic carbocycles. The molecule has 2 aliphatic heterocycles. The van der Waals surface area contributed by atoms with Crippen LogP contribution >= 0.6 is 0 Å². The van der Waals surface area contributed by atoms with Crippen molar-refractivity contribution in [3.8, 4) is 0 Å². The fraction of sp³-hybridized carbons (Fsp3) is 0.500. The minimum absolute atomic E-state index is 0.0288. The Labute approximate surface area is 81.8 Å². The Balaban J connectivity index is 2.11. The minimum atomic E-state index is -0.749. The number of esters is 1. The zero-order valence-electron chi connectivity index (χ0n) is 7.79. The Bertz CT molecular complexity index is 294. The predicted molar refractivity (Wildman–Crippen MR) is 48.5 cm³/mol. The molecule has 2 aliphatic rings. The molecule has 0 radical (unpaired) electrons. The van der Waals surface area contributed by atoms with Gasteiger partial charge in [-0.1, -0.05) is 12.2 Å². The number of rotatable bonds is 0. The lowest BCUT2D eigenvalue weighted by Crippen LogP contribution is -2.21. The number of hydrogen-bond donors (Lipinski definition) is 1. The van der Waals surface area contributed by atoms with E-state index in [1.807, 2.05) is 0 Å².